The van der Waals surface area contributed by atoms with E-state index in [1.54, 1.807) is 23.2 Å². The Morgan fingerprint density at radius 3 is 2.59 bits per heavy atom. The van der Waals surface area contributed by atoms with Crippen LogP contribution < -0.4 is 9.62 Å². The van der Waals surface area contributed by atoms with Gasteiger partial charge in [0.15, 0.2) is 0 Å². The van der Waals surface area contributed by atoms with E-state index < -0.39 is 16.1 Å². The van der Waals surface area contributed by atoms with Crippen molar-refractivity contribution in [3.05, 3.63) is 66.9 Å². The van der Waals surface area contributed by atoms with E-state index in [1.807, 2.05) is 42.5 Å². The van der Waals surface area contributed by atoms with Gasteiger partial charge in [-0.3, -0.25) is 9.78 Å². The fourth-order valence-electron chi connectivity index (χ4n) is 3.39. The maximum absolute atomic E-state index is 13.0. The average Bonchev–Trinajstić information content (AvgIpc) is 2.69. The van der Waals surface area contributed by atoms with E-state index in [0.717, 1.165) is 17.5 Å². The molecule has 1 aromatic heterocycles. The Hall–Kier alpha value is -2.77. The molecule has 1 aliphatic rings. The highest BCUT2D eigenvalue weighted by molar-refractivity contribution is 7.89. The monoisotopic (exact) mass is 381 g/mol. The van der Waals surface area contributed by atoms with E-state index in [4.69, 9.17) is 0 Å². The van der Waals surface area contributed by atoms with Crippen molar-refractivity contribution in [1.29, 1.82) is 0 Å². The molecule has 0 spiro atoms. The van der Waals surface area contributed by atoms with Gasteiger partial charge in [0.05, 0.1) is 5.52 Å². The lowest BCUT2D eigenvalue weighted by Crippen LogP contribution is -2.52. The summed E-state index contributed by atoms with van der Waals surface area (Å²) in [5, 5.41) is 0.737. The Morgan fingerprint density at radius 2 is 1.78 bits per heavy atom. The minimum Gasteiger partial charge on any atom is -0.311 e. The van der Waals surface area contributed by atoms with Crippen LogP contribution in [0.1, 0.15) is 12.8 Å². The van der Waals surface area contributed by atoms with E-state index in [1.165, 1.54) is 6.07 Å². The van der Waals surface area contributed by atoms with Crippen LogP contribution in [-0.4, -0.2) is 31.9 Å². The van der Waals surface area contributed by atoms with Gasteiger partial charge in [0.25, 0.3) is 0 Å². The number of nitrogens with zero attached hydrogens (tertiary/aromatic N) is 2. The third kappa shape index (κ3) is 3.43. The lowest BCUT2D eigenvalue weighted by molar-refractivity contribution is -0.121. The maximum Gasteiger partial charge on any atom is 0.245 e. The number of anilines is 1. The SMILES string of the molecule is O=C1[C@H](NS(=O)(=O)c2cccc3cccnc23)CCCN1c1ccccc1. The topological polar surface area (TPSA) is 79.4 Å². The zero-order valence-corrected chi connectivity index (χ0v) is 15.4. The lowest BCUT2D eigenvalue weighted by Gasteiger charge is -2.32. The van der Waals surface area contributed by atoms with Crippen molar-refractivity contribution in [1.82, 2.24) is 9.71 Å². The Bertz CT molecular complexity index is 1080. The van der Waals surface area contributed by atoms with Gasteiger partial charge >= 0.3 is 0 Å². The standard InChI is InChI=1S/C20H19N3O3S/c24-20-17(11-6-14-23(20)16-9-2-1-3-10-16)22-27(25,26)18-12-4-7-15-8-5-13-21-19(15)18/h1-5,7-10,12-13,17,22H,6,11,14H2/t17-/m1/s1. The van der Waals surface area contributed by atoms with Crippen LogP contribution >= 0.6 is 0 Å². The first-order valence-electron chi connectivity index (χ1n) is 8.79. The Labute approximate surface area is 157 Å². The van der Waals surface area contributed by atoms with Crippen LogP contribution in [0.25, 0.3) is 10.9 Å². The van der Waals surface area contributed by atoms with E-state index in [-0.39, 0.29) is 10.8 Å². The third-order valence-corrected chi connectivity index (χ3v) is 6.19. The lowest BCUT2D eigenvalue weighted by atomic mass is 10.0. The molecule has 138 valence electrons. The van der Waals surface area contributed by atoms with Crippen molar-refractivity contribution in [2.75, 3.05) is 11.4 Å². The summed E-state index contributed by atoms with van der Waals surface area (Å²) in [6.45, 7) is 0.580. The zero-order valence-electron chi connectivity index (χ0n) is 14.6. The van der Waals surface area contributed by atoms with E-state index in [0.29, 0.717) is 18.5 Å². The fraction of sp³-hybridized carbons (Fsp3) is 0.200. The summed E-state index contributed by atoms with van der Waals surface area (Å²) in [6.07, 6.45) is 2.76. The molecule has 0 bridgehead atoms. The number of amides is 1. The van der Waals surface area contributed by atoms with Gasteiger partial charge in [0, 0.05) is 23.8 Å². The van der Waals surface area contributed by atoms with Gasteiger partial charge in [-0.05, 0) is 37.1 Å². The minimum absolute atomic E-state index is 0.0882. The molecule has 3 aromatic rings. The van der Waals surface area contributed by atoms with Crippen molar-refractivity contribution >= 4 is 32.5 Å². The van der Waals surface area contributed by atoms with Gasteiger partial charge in [-0.1, -0.05) is 36.4 Å². The number of nitrogens with one attached hydrogen (secondary N) is 1. The number of carbonyl (C=O) groups excluding carboxylic acids is 1. The predicted octanol–water partition coefficient (Wildman–Crippen LogP) is 2.71. The predicted molar refractivity (Wildman–Crippen MR) is 104 cm³/mol. The molecule has 1 aliphatic heterocycles. The first-order valence-corrected chi connectivity index (χ1v) is 10.3. The number of hydrogen-bond donors (Lipinski definition) is 1. The highest BCUT2D eigenvalue weighted by Gasteiger charge is 2.33. The highest BCUT2D eigenvalue weighted by atomic mass is 32.2. The number of fused-ring (bicyclic) bond motifs is 1. The van der Waals surface area contributed by atoms with Crippen LogP contribution in [0.5, 0.6) is 0 Å². The molecule has 1 N–H and O–H groups in total. The first kappa shape index (κ1) is 17.6. The summed E-state index contributed by atoms with van der Waals surface area (Å²) in [5.74, 6) is -0.232. The molecule has 4 rings (SSSR count). The summed E-state index contributed by atoms with van der Waals surface area (Å²) in [7, 11) is -3.89. The fourth-order valence-corrected chi connectivity index (χ4v) is 4.80. The van der Waals surface area contributed by atoms with Crippen LogP contribution in [0.4, 0.5) is 5.69 Å². The zero-order chi connectivity index (χ0) is 18.9. The normalized spacial score (nSPS) is 18.0. The van der Waals surface area contributed by atoms with Crippen molar-refractivity contribution in [2.45, 2.75) is 23.8 Å². The number of carbonyl (C=O) groups is 1. The molecule has 0 unspecified atom stereocenters. The number of aromatic nitrogens is 1. The number of rotatable bonds is 4. The van der Waals surface area contributed by atoms with Crippen LogP contribution in [0, 0.1) is 0 Å². The number of sulfonamides is 1. The number of pyridine rings is 1. The molecule has 2 aromatic carbocycles. The first-order chi connectivity index (χ1) is 13.1. The van der Waals surface area contributed by atoms with Gasteiger partial charge in [0.1, 0.15) is 10.9 Å². The van der Waals surface area contributed by atoms with Crippen LogP contribution in [0.15, 0.2) is 71.8 Å². The summed E-state index contributed by atoms with van der Waals surface area (Å²) >= 11 is 0. The second-order valence-electron chi connectivity index (χ2n) is 6.47. The highest BCUT2D eigenvalue weighted by Crippen LogP contribution is 2.24. The minimum atomic E-state index is -3.89. The number of para-hydroxylation sites is 2. The average molecular weight is 381 g/mol. The largest absolute Gasteiger partial charge is 0.311 e. The summed E-state index contributed by atoms with van der Waals surface area (Å²) < 4.78 is 28.6. The Kier molecular flexibility index (Phi) is 4.63. The molecule has 0 radical (unpaired) electrons. The third-order valence-electron chi connectivity index (χ3n) is 4.69. The van der Waals surface area contributed by atoms with E-state index in [2.05, 4.69) is 9.71 Å². The van der Waals surface area contributed by atoms with Crippen molar-refractivity contribution in [3.8, 4) is 0 Å². The molecule has 6 nitrogen and oxygen atoms in total. The van der Waals surface area contributed by atoms with Gasteiger partial charge in [0.2, 0.25) is 15.9 Å². The molecular weight excluding hydrogens is 362 g/mol. The molecule has 7 heteroatoms. The maximum atomic E-state index is 13.0. The molecular formula is C20H19N3O3S. The quantitative estimate of drug-likeness (QED) is 0.754. The summed E-state index contributed by atoms with van der Waals surface area (Å²) in [6, 6.07) is 17.1. The van der Waals surface area contributed by atoms with Crippen molar-refractivity contribution in [3.63, 3.8) is 0 Å². The van der Waals surface area contributed by atoms with Gasteiger partial charge in [-0.15, -0.1) is 0 Å². The second kappa shape index (κ2) is 7.09. The molecule has 0 aliphatic carbocycles. The van der Waals surface area contributed by atoms with Crippen molar-refractivity contribution in [2.24, 2.45) is 0 Å². The van der Waals surface area contributed by atoms with Crippen molar-refractivity contribution < 1.29 is 13.2 Å². The molecule has 27 heavy (non-hydrogen) atoms. The molecule has 1 amide bonds. The van der Waals surface area contributed by atoms with Gasteiger partial charge in [-0.25, -0.2) is 8.42 Å². The number of piperidine rings is 1. The molecule has 1 fully saturated rings. The van der Waals surface area contributed by atoms with Crippen LogP contribution in [0.2, 0.25) is 0 Å². The Morgan fingerprint density at radius 1 is 1.00 bits per heavy atom. The Balaban J connectivity index is 1.63. The van der Waals surface area contributed by atoms with Crippen LogP contribution in [0.3, 0.4) is 0 Å². The van der Waals surface area contributed by atoms with E-state index >= 15 is 0 Å². The number of hydrogen-bond acceptors (Lipinski definition) is 4. The molecule has 0 saturated carbocycles. The van der Waals surface area contributed by atoms with Gasteiger partial charge < -0.3 is 4.90 Å². The molecule has 1 atom stereocenters. The van der Waals surface area contributed by atoms with E-state index in [9.17, 15) is 13.2 Å². The second-order valence-corrected chi connectivity index (χ2v) is 8.16. The number of benzene rings is 2. The molecule has 2 heterocycles. The van der Waals surface area contributed by atoms with Gasteiger partial charge in [-0.2, -0.15) is 4.72 Å². The smallest absolute Gasteiger partial charge is 0.245 e. The van der Waals surface area contributed by atoms with Crippen LogP contribution in [-0.2, 0) is 14.8 Å². The molecule has 1 saturated heterocycles. The summed E-state index contributed by atoms with van der Waals surface area (Å²) in [4.78, 5) is 18.8. The summed E-state index contributed by atoms with van der Waals surface area (Å²) in [5.41, 5.74) is 1.17.